The summed E-state index contributed by atoms with van der Waals surface area (Å²) in [6.07, 6.45) is 2.91. The summed E-state index contributed by atoms with van der Waals surface area (Å²) in [4.78, 5) is 23.3. The van der Waals surface area contributed by atoms with Crippen molar-refractivity contribution in [3.05, 3.63) is 0 Å². The number of carbonyl (C=O) groups excluding carboxylic acids is 2. The van der Waals surface area contributed by atoms with Gasteiger partial charge in [0.25, 0.3) is 5.91 Å². The Hall–Kier alpha value is -1.11. The van der Waals surface area contributed by atoms with E-state index >= 15 is 0 Å². The number of urea groups is 1. The number of amides is 3. The minimum Gasteiger partial charge on any atom is -0.323 e. The minimum absolute atomic E-state index is 0.0306. The number of rotatable bonds is 3. The van der Waals surface area contributed by atoms with E-state index in [2.05, 4.69) is 10.6 Å². The molecule has 0 aromatic carbocycles. The van der Waals surface area contributed by atoms with E-state index in [-0.39, 0.29) is 23.3 Å². The summed E-state index contributed by atoms with van der Waals surface area (Å²) in [5.41, 5.74) is -1.00. The summed E-state index contributed by atoms with van der Waals surface area (Å²) < 4.78 is 23.5. The molecule has 2 N–H and O–H groups in total. The van der Waals surface area contributed by atoms with E-state index in [4.69, 9.17) is 0 Å². The molecular formula is C11H18N2O4S. The standard InChI is InChI=1S/C11H18N2O4S/c1-2-18(16,17)7-8-5-3-4-6-11(8)9(14)12-10(15)13-11/h8H,2-7H2,1H3,(H2,12,13,14,15). The summed E-state index contributed by atoms with van der Waals surface area (Å²) in [7, 11) is -3.15. The quantitative estimate of drug-likeness (QED) is 0.719. The van der Waals surface area contributed by atoms with Gasteiger partial charge < -0.3 is 5.32 Å². The third kappa shape index (κ3) is 2.23. The second-order valence-corrected chi connectivity index (χ2v) is 7.42. The van der Waals surface area contributed by atoms with Gasteiger partial charge >= 0.3 is 6.03 Å². The summed E-state index contributed by atoms with van der Waals surface area (Å²) >= 11 is 0. The van der Waals surface area contributed by atoms with Crippen molar-refractivity contribution in [3.63, 3.8) is 0 Å². The van der Waals surface area contributed by atoms with Gasteiger partial charge in [0.15, 0.2) is 0 Å². The molecule has 1 spiro atoms. The molecule has 1 saturated heterocycles. The summed E-state index contributed by atoms with van der Waals surface area (Å²) in [5, 5.41) is 4.88. The number of hydrogen-bond acceptors (Lipinski definition) is 4. The normalized spacial score (nSPS) is 32.4. The lowest BCUT2D eigenvalue weighted by Gasteiger charge is -2.38. The molecular weight excluding hydrogens is 256 g/mol. The van der Waals surface area contributed by atoms with Gasteiger partial charge in [0, 0.05) is 11.7 Å². The van der Waals surface area contributed by atoms with E-state index in [1.165, 1.54) is 0 Å². The third-order valence-electron chi connectivity index (χ3n) is 3.93. The van der Waals surface area contributed by atoms with Crippen LogP contribution < -0.4 is 10.6 Å². The summed E-state index contributed by atoms with van der Waals surface area (Å²) in [5.74, 6) is -0.655. The molecule has 0 bridgehead atoms. The lowest BCUT2D eigenvalue weighted by atomic mass is 9.73. The van der Waals surface area contributed by atoms with E-state index in [0.717, 1.165) is 12.8 Å². The maximum absolute atomic E-state index is 12.0. The first kappa shape index (κ1) is 13.3. The van der Waals surface area contributed by atoms with Crippen LogP contribution in [0.1, 0.15) is 32.6 Å². The Morgan fingerprint density at radius 2 is 2.06 bits per heavy atom. The first-order chi connectivity index (χ1) is 8.39. The highest BCUT2D eigenvalue weighted by atomic mass is 32.2. The molecule has 7 heteroatoms. The van der Waals surface area contributed by atoms with Crippen LogP contribution in [-0.2, 0) is 14.6 Å². The fraction of sp³-hybridized carbons (Fsp3) is 0.818. The molecule has 1 heterocycles. The van der Waals surface area contributed by atoms with Crippen LogP contribution in [-0.4, -0.2) is 37.4 Å². The molecule has 0 radical (unpaired) electrons. The summed E-state index contributed by atoms with van der Waals surface area (Å²) in [6.45, 7) is 1.60. The van der Waals surface area contributed by atoms with Crippen molar-refractivity contribution < 1.29 is 18.0 Å². The third-order valence-corrected chi connectivity index (χ3v) is 5.72. The van der Waals surface area contributed by atoms with E-state index in [9.17, 15) is 18.0 Å². The molecule has 2 fully saturated rings. The van der Waals surface area contributed by atoms with Crippen molar-refractivity contribution in [2.75, 3.05) is 11.5 Å². The summed E-state index contributed by atoms with van der Waals surface area (Å²) in [6, 6.07) is -0.513. The lowest BCUT2D eigenvalue weighted by Crippen LogP contribution is -2.56. The molecule has 18 heavy (non-hydrogen) atoms. The minimum atomic E-state index is -3.15. The van der Waals surface area contributed by atoms with Gasteiger partial charge in [-0.3, -0.25) is 10.1 Å². The largest absolute Gasteiger partial charge is 0.323 e. The number of imide groups is 1. The molecule has 3 amide bonds. The van der Waals surface area contributed by atoms with E-state index < -0.39 is 21.4 Å². The van der Waals surface area contributed by atoms with Gasteiger partial charge in [0.05, 0.1) is 5.75 Å². The highest BCUT2D eigenvalue weighted by Crippen LogP contribution is 2.37. The first-order valence-corrected chi connectivity index (χ1v) is 8.06. The zero-order valence-corrected chi connectivity index (χ0v) is 11.2. The van der Waals surface area contributed by atoms with Crippen LogP contribution in [0.3, 0.4) is 0 Å². The SMILES string of the molecule is CCS(=O)(=O)CC1CCCCC12NC(=O)NC2=O. The molecule has 1 saturated carbocycles. The molecule has 1 aliphatic heterocycles. The van der Waals surface area contributed by atoms with Crippen LogP contribution in [0.25, 0.3) is 0 Å². The van der Waals surface area contributed by atoms with Gasteiger partial charge in [-0.05, 0) is 12.8 Å². The topological polar surface area (TPSA) is 92.3 Å². The fourth-order valence-electron chi connectivity index (χ4n) is 2.86. The zero-order chi connectivity index (χ0) is 13.4. The van der Waals surface area contributed by atoms with E-state index in [1.54, 1.807) is 6.92 Å². The molecule has 2 rings (SSSR count). The molecule has 0 aromatic rings. The van der Waals surface area contributed by atoms with Crippen LogP contribution in [0.15, 0.2) is 0 Å². The van der Waals surface area contributed by atoms with E-state index in [1.807, 2.05) is 0 Å². The molecule has 2 unspecified atom stereocenters. The fourth-order valence-corrected chi connectivity index (χ4v) is 4.16. The van der Waals surface area contributed by atoms with E-state index in [0.29, 0.717) is 12.8 Å². The van der Waals surface area contributed by atoms with Crippen LogP contribution in [0, 0.1) is 5.92 Å². The number of hydrogen-bond donors (Lipinski definition) is 2. The van der Waals surface area contributed by atoms with Gasteiger partial charge in [0.2, 0.25) is 0 Å². The molecule has 0 aromatic heterocycles. The van der Waals surface area contributed by atoms with Crippen LogP contribution in [0.2, 0.25) is 0 Å². The second-order valence-electron chi connectivity index (χ2n) is 5.02. The molecule has 2 aliphatic rings. The Morgan fingerprint density at radius 1 is 1.33 bits per heavy atom. The predicted molar refractivity (Wildman–Crippen MR) is 65.7 cm³/mol. The van der Waals surface area contributed by atoms with Crippen LogP contribution >= 0.6 is 0 Å². The number of nitrogens with one attached hydrogen (secondary N) is 2. The Morgan fingerprint density at radius 3 is 2.61 bits per heavy atom. The van der Waals surface area contributed by atoms with Crippen molar-refractivity contribution >= 4 is 21.8 Å². The van der Waals surface area contributed by atoms with Gasteiger partial charge in [0.1, 0.15) is 15.4 Å². The molecule has 6 nitrogen and oxygen atoms in total. The van der Waals surface area contributed by atoms with Gasteiger partial charge in [-0.25, -0.2) is 13.2 Å². The Kier molecular flexibility index (Phi) is 3.35. The van der Waals surface area contributed by atoms with Crippen LogP contribution in [0.5, 0.6) is 0 Å². The highest BCUT2D eigenvalue weighted by Gasteiger charge is 2.53. The predicted octanol–water partition coefficient (Wildman–Crippen LogP) is 0.190. The van der Waals surface area contributed by atoms with Crippen molar-refractivity contribution in [3.8, 4) is 0 Å². The van der Waals surface area contributed by atoms with Crippen molar-refractivity contribution in [1.82, 2.24) is 10.6 Å². The van der Waals surface area contributed by atoms with Crippen molar-refractivity contribution in [2.24, 2.45) is 5.92 Å². The van der Waals surface area contributed by atoms with Crippen molar-refractivity contribution in [1.29, 1.82) is 0 Å². The van der Waals surface area contributed by atoms with Crippen molar-refractivity contribution in [2.45, 2.75) is 38.1 Å². The molecule has 1 aliphatic carbocycles. The van der Waals surface area contributed by atoms with Gasteiger partial charge in [-0.2, -0.15) is 0 Å². The van der Waals surface area contributed by atoms with Gasteiger partial charge in [-0.1, -0.05) is 19.8 Å². The Balaban J connectivity index is 2.27. The Bertz CT molecular complexity index is 473. The molecule has 2 atom stereocenters. The van der Waals surface area contributed by atoms with Gasteiger partial charge in [-0.15, -0.1) is 0 Å². The second kappa shape index (κ2) is 4.53. The lowest BCUT2D eigenvalue weighted by molar-refractivity contribution is -0.126. The number of carbonyl (C=O) groups is 2. The molecule has 102 valence electrons. The maximum Gasteiger partial charge on any atom is 0.322 e. The average Bonchev–Trinajstić information content (AvgIpc) is 2.58. The monoisotopic (exact) mass is 274 g/mol. The highest BCUT2D eigenvalue weighted by molar-refractivity contribution is 7.91. The maximum atomic E-state index is 12.0. The van der Waals surface area contributed by atoms with Crippen LogP contribution in [0.4, 0.5) is 4.79 Å². The first-order valence-electron chi connectivity index (χ1n) is 6.23. The Labute approximate surface area is 106 Å². The zero-order valence-electron chi connectivity index (χ0n) is 10.4. The average molecular weight is 274 g/mol. The number of sulfone groups is 1. The smallest absolute Gasteiger partial charge is 0.322 e.